The fourth-order valence-electron chi connectivity index (χ4n) is 3.73. The Kier molecular flexibility index (Phi) is 5.72. The zero-order valence-corrected chi connectivity index (χ0v) is 17.6. The summed E-state index contributed by atoms with van der Waals surface area (Å²) in [5, 5.41) is 17.9. The van der Waals surface area contributed by atoms with Gasteiger partial charge in [0.15, 0.2) is 23.5 Å². The van der Waals surface area contributed by atoms with Gasteiger partial charge < -0.3 is 19.3 Å². The van der Waals surface area contributed by atoms with E-state index in [2.05, 4.69) is 20.2 Å². The topological polar surface area (TPSA) is 119 Å². The van der Waals surface area contributed by atoms with Gasteiger partial charge in [-0.05, 0) is 12.1 Å². The lowest BCUT2D eigenvalue weighted by Crippen LogP contribution is -2.50. The van der Waals surface area contributed by atoms with Gasteiger partial charge in [-0.1, -0.05) is 23.4 Å². The fraction of sp³-hybridized carbons (Fsp3) is 0.227. The molecule has 1 N–H and O–H groups in total. The smallest absolute Gasteiger partial charge is 0.328 e. The van der Waals surface area contributed by atoms with E-state index in [-0.39, 0.29) is 43.6 Å². The number of ether oxygens (including phenoxy) is 1. The van der Waals surface area contributed by atoms with Crippen molar-refractivity contribution in [2.75, 3.05) is 24.7 Å². The van der Waals surface area contributed by atoms with Crippen molar-refractivity contribution in [3.05, 3.63) is 66.1 Å². The summed E-state index contributed by atoms with van der Waals surface area (Å²) in [5.41, 5.74) is 1.64. The van der Waals surface area contributed by atoms with Gasteiger partial charge in [0, 0.05) is 18.2 Å². The minimum atomic E-state index is -1.15. The van der Waals surface area contributed by atoms with E-state index in [0.717, 1.165) is 6.20 Å². The maximum absolute atomic E-state index is 14.7. The van der Waals surface area contributed by atoms with E-state index in [0.29, 0.717) is 17.0 Å². The molecule has 0 saturated carbocycles. The monoisotopic (exact) mass is 468 g/mol. The average Bonchev–Trinajstić information content (AvgIpc) is 3.51. The highest BCUT2D eigenvalue weighted by Crippen LogP contribution is 2.28. The second-order valence-electron chi connectivity index (χ2n) is 7.54. The van der Waals surface area contributed by atoms with E-state index < -0.39 is 23.6 Å². The molecule has 0 spiro atoms. The van der Waals surface area contributed by atoms with Crippen LogP contribution in [0.1, 0.15) is 5.56 Å². The van der Waals surface area contributed by atoms with E-state index in [1.54, 1.807) is 30.3 Å². The molecular weight excluding hydrogens is 450 g/mol. The number of hydrogen-bond donors (Lipinski definition) is 1. The van der Waals surface area contributed by atoms with Crippen LogP contribution in [0.2, 0.25) is 0 Å². The third kappa shape index (κ3) is 4.10. The van der Waals surface area contributed by atoms with Crippen molar-refractivity contribution >= 4 is 11.8 Å². The molecule has 4 aromatic rings. The first kappa shape index (κ1) is 21.6. The first-order valence-corrected chi connectivity index (χ1v) is 10.3. The molecule has 1 aromatic carbocycles. The molecule has 1 atom stereocenters. The molecule has 1 saturated heterocycles. The number of halogens is 2. The van der Waals surface area contributed by atoms with Crippen LogP contribution in [-0.4, -0.2) is 61.8 Å². The van der Waals surface area contributed by atoms with Crippen molar-refractivity contribution < 1.29 is 27.9 Å². The molecule has 1 aliphatic rings. The quantitative estimate of drug-likeness (QED) is 0.455. The SMILES string of the molecule is O=C(O)[C@@H]1COCCN1c1nc(-c2cc(-c3ccon3)n(Cc3ccccc3F)n2)ncc1F. The number of hydrogen-bond acceptors (Lipinski definition) is 8. The third-order valence-electron chi connectivity index (χ3n) is 5.40. The number of nitrogens with zero attached hydrogens (tertiary/aromatic N) is 6. The van der Waals surface area contributed by atoms with Crippen molar-refractivity contribution in [1.29, 1.82) is 0 Å². The van der Waals surface area contributed by atoms with Crippen molar-refractivity contribution in [3.63, 3.8) is 0 Å². The number of carbonyl (C=O) groups is 1. The predicted molar refractivity (Wildman–Crippen MR) is 114 cm³/mol. The fourth-order valence-corrected chi connectivity index (χ4v) is 3.73. The Hall–Kier alpha value is -4.19. The number of anilines is 1. The van der Waals surface area contributed by atoms with E-state index in [9.17, 15) is 18.7 Å². The lowest BCUT2D eigenvalue weighted by atomic mass is 10.2. The number of carboxylic acids is 1. The number of rotatable bonds is 6. The lowest BCUT2D eigenvalue weighted by Gasteiger charge is -2.33. The summed E-state index contributed by atoms with van der Waals surface area (Å²) in [5.74, 6) is -2.39. The summed E-state index contributed by atoms with van der Waals surface area (Å²) in [7, 11) is 0. The molecule has 1 aliphatic heterocycles. The van der Waals surface area contributed by atoms with Gasteiger partial charge in [0.1, 0.15) is 23.5 Å². The van der Waals surface area contributed by atoms with Crippen molar-refractivity contribution in [2.24, 2.45) is 0 Å². The average molecular weight is 468 g/mol. The molecule has 0 unspecified atom stereocenters. The second-order valence-corrected chi connectivity index (χ2v) is 7.54. The number of carboxylic acid groups (broad SMARTS) is 1. The number of morpholine rings is 1. The van der Waals surface area contributed by atoms with Gasteiger partial charge in [-0.3, -0.25) is 4.68 Å². The number of benzene rings is 1. The minimum Gasteiger partial charge on any atom is -0.480 e. The molecule has 10 nitrogen and oxygen atoms in total. The minimum absolute atomic E-state index is 0.0732. The molecule has 3 aromatic heterocycles. The van der Waals surface area contributed by atoms with Crippen LogP contribution in [0.4, 0.5) is 14.6 Å². The van der Waals surface area contributed by atoms with Gasteiger partial charge in [-0.25, -0.2) is 23.5 Å². The van der Waals surface area contributed by atoms with Crippen LogP contribution < -0.4 is 4.90 Å². The highest BCUT2D eigenvalue weighted by atomic mass is 19.1. The molecule has 0 amide bonds. The Morgan fingerprint density at radius 3 is 2.79 bits per heavy atom. The summed E-state index contributed by atoms with van der Waals surface area (Å²) >= 11 is 0. The summed E-state index contributed by atoms with van der Waals surface area (Å²) in [6.45, 7) is 0.377. The molecule has 1 fully saturated rings. The molecule has 0 aliphatic carbocycles. The Bertz CT molecular complexity index is 1330. The Balaban J connectivity index is 1.56. The molecule has 5 rings (SSSR count). The van der Waals surface area contributed by atoms with Crippen LogP contribution in [0.5, 0.6) is 0 Å². The highest BCUT2D eigenvalue weighted by Gasteiger charge is 2.32. The van der Waals surface area contributed by atoms with E-state index in [4.69, 9.17) is 9.26 Å². The Labute approximate surface area is 191 Å². The second kappa shape index (κ2) is 8.98. The van der Waals surface area contributed by atoms with E-state index in [1.807, 2.05) is 0 Å². The molecule has 174 valence electrons. The number of aliphatic carboxylic acids is 1. The molecule has 12 heteroatoms. The normalized spacial score (nSPS) is 16.1. The molecular formula is C22H18F2N6O4. The lowest BCUT2D eigenvalue weighted by molar-refractivity contribution is -0.141. The van der Waals surface area contributed by atoms with Crippen LogP contribution >= 0.6 is 0 Å². The summed E-state index contributed by atoms with van der Waals surface area (Å²) in [6.07, 6.45) is 2.37. The van der Waals surface area contributed by atoms with Gasteiger partial charge in [-0.15, -0.1) is 0 Å². The maximum atomic E-state index is 14.7. The summed E-state index contributed by atoms with van der Waals surface area (Å²) in [4.78, 5) is 21.3. The van der Waals surface area contributed by atoms with Gasteiger partial charge >= 0.3 is 5.97 Å². The van der Waals surface area contributed by atoms with Gasteiger partial charge in [0.2, 0.25) is 0 Å². The van der Waals surface area contributed by atoms with Gasteiger partial charge in [0.05, 0.1) is 31.6 Å². The van der Waals surface area contributed by atoms with Crippen molar-refractivity contribution in [3.8, 4) is 22.9 Å². The number of aromatic nitrogens is 5. The maximum Gasteiger partial charge on any atom is 0.328 e. The first-order valence-electron chi connectivity index (χ1n) is 10.3. The van der Waals surface area contributed by atoms with E-state index >= 15 is 0 Å². The summed E-state index contributed by atoms with van der Waals surface area (Å²) < 4.78 is 40.6. The van der Waals surface area contributed by atoms with Crippen LogP contribution in [-0.2, 0) is 16.1 Å². The van der Waals surface area contributed by atoms with Crippen LogP contribution in [0, 0.1) is 11.6 Å². The molecule has 34 heavy (non-hydrogen) atoms. The Morgan fingerprint density at radius 1 is 1.18 bits per heavy atom. The standard InChI is InChI=1S/C22H18F2N6O4/c23-14-4-2-1-3-13(14)11-30-18(16-5-7-34-28-16)9-17(27-30)20-25-10-15(24)21(26-20)29-6-8-33-12-19(29)22(31)32/h1-5,7,9-10,19H,6,8,11-12H2,(H,31,32)/t19-/m0/s1. The van der Waals surface area contributed by atoms with Crippen LogP contribution in [0.25, 0.3) is 22.9 Å². The molecule has 4 heterocycles. The Morgan fingerprint density at radius 2 is 2.03 bits per heavy atom. The van der Waals surface area contributed by atoms with Crippen LogP contribution in [0.15, 0.2) is 53.4 Å². The van der Waals surface area contributed by atoms with Crippen LogP contribution in [0.3, 0.4) is 0 Å². The first-order chi connectivity index (χ1) is 16.5. The zero-order valence-electron chi connectivity index (χ0n) is 17.6. The van der Waals surface area contributed by atoms with Gasteiger partial charge in [0.25, 0.3) is 0 Å². The largest absolute Gasteiger partial charge is 0.480 e. The highest BCUT2D eigenvalue weighted by molar-refractivity contribution is 5.78. The van der Waals surface area contributed by atoms with Crippen molar-refractivity contribution in [2.45, 2.75) is 12.6 Å². The third-order valence-corrected chi connectivity index (χ3v) is 5.40. The zero-order chi connectivity index (χ0) is 23.7. The summed E-state index contributed by atoms with van der Waals surface area (Å²) in [6, 6.07) is 8.47. The predicted octanol–water partition coefficient (Wildman–Crippen LogP) is 2.61. The van der Waals surface area contributed by atoms with Gasteiger partial charge in [-0.2, -0.15) is 5.10 Å². The molecule has 0 bridgehead atoms. The van der Waals surface area contributed by atoms with E-state index in [1.165, 1.54) is 21.9 Å². The molecule has 0 radical (unpaired) electrons. The van der Waals surface area contributed by atoms with Crippen molar-refractivity contribution in [1.82, 2.24) is 24.9 Å².